The third-order valence-electron chi connectivity index (χ3n) is 5.65. The highest BCUT2D eigenvalue weighted by Crippen LogP contribution is 2.28. The van der Waals surface area contributed by atoms with Gasteiger partial charge >= 0.3 is 11.9 Å². The van der Waals surface area contributed by atoms with Crippen LogP contribution in [0.15, 0.2) is 65.6 Å². The number of aryl methyl sites for hydroxylation is 3. The average molecular weight is 525 g/mol. The summed E-state index contributed by atoms with van der Waals surface area (Å²) in [5.41, 5.74) is 2.74. The molecule has 0 aromatic heterocycles. The molecule has 0 saturated heterocycles. The van der Waals surface area contributed by atoms with Crippen LogP contribution in [-0.2, 0) is 24.3 Å². The Kier molecular flexibility index (Phi) is 8.34. The number of esters is 2. The summed E-state index contributed by atoms with van der Waals surface area (Å²) in [6, 6.07) is 15.6. The Balaban J connectivity index is 2.05. The number of nitrogens with zero attached hydrogens (tertiary/aromatic N) is 1. The maximum atomic E-state index is 13.7. The summed E-state index contributed by atoms with van der Waals surface area (Å²) >= 11 is 0. The zero-order valence-corrected chi connectivity index (χ0v) is 22.0. The second-order valence-electron chi connectivity index (χ2n) is 8.41. The van der Waals surface area contributed by atoms with Gasteiger partial charge in [0.05, 0.1) is 41.6 Å². The van der Waals surface area contributed by atoms with E-state index in [-0.39, 0.29) is 21.7 Å². The molecule has 3 rings (SSSR count). The summed E-state index contributed by atoms with van der Waals surface area (Å²) in [5.74, 6) is -2.15. The molecule has 0 spiro atoms. The minimum Gasteiger partial charge on any atom is -0.465 e. The van der Waals surface area contributed by atoms with Gasteiger partial charge in [-0.3, -0.25) is 9.10 Å². The van der Waals surface area contributed by atoms with Crippen LogP contribution in [0.4, 0.5) is 11.4 Å². The molecule has 3 aromatic carbocycles. The van der Waals surface area contributed by atoms with E-state index in [0.717, 1.165) is 15.4 Å². The van der Waals surface area contributed by atoms with Crippen LogP contribution in [0.1, 0.15) is 37.4 Å². The molecule has 194 valence electrons. The Morgan fingerprint density at radius 3 is 2.05 bits per heavy atom. The first-order chi connectivity index (χ1) is 17.5. The van der Waals surface area contributed by atoms with Crippen LogP contribution in [-0.4, -0.2) is 47.0 Å². The van der Waals surface area contributed by atoms with Crippen LogP contribution in [0.3, 0.4) is 0 Å². The van der Waals surface area contributed by atoms with Crippen LogP contribution in [0.2, 0.25) is 0 Å². The van der Waals surface area contributed by atoms with E-state index in [1.807, 2.05) is 19.9 Å². The molecule has 0 aliphatic carbocycles. The van der Waals surface area contributed by atoms with Crippen molar-refractivity contribution in [3.05, 3.63) is 88.5 Å². The number of methoxy groups -OCH3 is 2. The van der Waals surface area contributed by atoms with E-state index in [2.05, 4.69) is 5.32 Å². The minimum atomic E-state index is -4.15. The van der Waals surface area contributed by atoms with Crippen LogP contribution >= 0.6 is 0 Å². The lowest BCUT2D eigenvalue weighted by molar-refractivity contribution is -0.114. The second-order valence-corrected chi connectivity index (χ2v) is 10.3. The van der Waals surface area contributed by atoms with Crippen molar-refractivity contribution in [3.8, 4) is 0 Å². The second kappa shape index (κ2) is 11.3. The fourth-order valence-electron chi connectivity index (χ4n) is 3.63. The number of nitrogens with one attached hydrogen (secondary N) is 1. The molecular weight excluding hydrogens is 496 g/mol. The van der Waals surface area contributed by atoms with E-state index in [0.29, 0.717) is 11.3 Å². The summed E-state index contributed by atoms with van der Waals surface area (Å²) in [7, 11) is -1.77. The molecule has 10 heteroatoms. The smallest absolute Gasteiger partial charge is 0.339 e. The first kappa shape index (κ1) is 27.4. The monoisotopic (exact) mass is 524 g/mol. The van der Waals surface area contributed by atoms with E-state index in [1.54, 1.807) is 31.2 Å². The van der Waals surface area contributed by atoms with Gasteiger partial charge in [-0.05, 0) is 68.3 Å². The van der Waals surface area contributed by atoms with Gasteiger partial charge in [0.1, 0.15) is 6.54 Å². The third-order valence-corrected chi connectivity index (χ3v) is 7.42. The lowest BCUT2D eigenvalue weighted by Crippen LogP contribution is -2.38. The Morgan fingerprint density at radius 2 is 1.43 bits per heavy atom. The molecule has 0 aliphatic rings. The maximum absolute atomic E-state index is 13.7. The number of carbonyl (C=O) groups is 3. The van der Waals surface area contributed by atoms with Crippen LogP contribution in [0.5, 0.6) is 0 Å². The van der Waals surface area contributed by atoms with Crippen LogP contribution in [0, 0.1) is 20.8 Å². The summed E-state index contributed by atoms with van der Waals surface area (Å²) < 4.78 is 37.9. The Hall–Kier alpha value is -4.18. The number of rotatable bonds is 8. The average Bonchev–Trinajstić information content (AvgIpc) is 2.88. The molecule has 3 aromatic rings. The van der Waals surface area contributed by atoms with Gasteiger partial charge in [-0.2, -0.15) is 0 Å². The van der Waals surface area contributed by atoms with Crippen LogP contribution in [0.25, 0.3) is 0 Å². The zero-order valence-electron chi connectivity index (χ0n) is 21.2. The van der Waals surface area contributed by atoms with Crippen LogP contribution < -0.4 is 9.62 Å². The van der Waals surface area contributed by atoms with Gasteiger partial charge < -0.3 is 14.8 Å². The van der Waals surface area contributed by atoms with Crippen molar-refractivity contribution in [1.29, 1.82) is 0 Å². The number of benzene rings is 3. The van der Waals surface area contributed by atoms with E-state index in [4.69, 9.17) is 9.47 Å². The fraction of sp³-hybridized carbons (Fsp3) is 0.222. The van der Waals surface area contributed by atoms with Crippen molar-refractivity contribution < 1.29 is 32.3 Å². The van der Waals surface area contributed by atoms with Gasteiger partial charge in [0.2, 0.25) is 5.91 Å². The standard InChI is InChI=1S/C27H28N2O7S/c1-17-7-11-21(12-8-17)37(33,34)29(24-14-18(2)6-9-19(24)3)16-25(30)28-23-15-20(26(31)35-4)10-13-22(23)27(32)36-5/h6-15H,16H2,1-5H3,(H,28,30). The van der Waals surface area contributed by atoms with Gasteiger partial charge in [0, 0.05) is 0 Å². The third kappa shape index (κ3) is 6.15. The van der Waals surface area contributed by atoms with Crippen molar-refractivity contribution in [2.75, 3.05) is 30.4 Å². The fourth-order valence-corrected chi connectivity index (χ4v) is 5.10. The van der Waals surface area contributed by atoms with Crippen molar-refractivity contribution in [1.82, 2.24) is 0 Å². The van der Waals surface area contributed by atoms with Crippen molar-refractivity contribution in [2.24, 2.45) is 0 Å². The topological polar surface area (TPSA) is 119 Å². The summed E-state index contributed by atoms with van der Waals surface area (Å²) in [6.07, 6.45) is 0. The minimum absolute atomic E-state index is 0.0109. The van der Waals surface area contributed by atoms with Crippen molar-refractivity contribution >= 4 is 39.2 Å². The predicted molar refractivity (Wildman–Crippen MR) is 139 cm³/mol. The number of amides is 1. The molecule has 9 nitrogen and oxygen atoms in total. The van der Waals surface area contributed by atoms with E-state index < -0.39 is 34.4 Å². The highest BCUT2D eigenvalue weighted by Gasteiger charge is 2.29. The number of ether oxygens (including phenoxy) is 2. The lowest BCUT2D eigenvalue weighted by atomic mass is 10.1. The predicted octanol–water partition coefficient (Wildman–Crippen LogP) is 4.02. The molecule has 1 amide bonds. The number of carbonyl (C=O) groups excluding carboxylic acids is 3. The summed E-state index contributed by atoms with van der Waals surface area (Å²) in [6.45, 7) is 4.82. The molecule has 0 radical (unpaired) electrons. The van der Waals surface area contributed by atoms with Crippen molar-refractivity contribution in [3.63, 3.8) is 0 Å². The van der Waals surface area contributed by atoms with Gasteiger partial charge in [0.25, 0.3) is 10.0 Å². The van der Waals surface area contributed by atoms with Gasteiger partial charge in [0.15, 0.2) is 0 Å². The molecule has 0 fully saturated rings. The first-order valence-electron chi connectivity index (χ1n) is 11.2. The molecule has 0 aliphatic heterocycles. The number of hydrogen-bond acceptors (Lipinski definition) is 7. The molecule has 37 heavy (non-hydrogen) atoms. The maximum Gasteiger partial charge on any atom is 0.339 e. The van der Waals surface area contributed by atoms with Gasteiger partial charge in [-0.15, -0.1) is 0 Å². The molecule has 0 unspecified atom stereocenters. The molecular formula is C27H28N2O7S. The van der Waals surface area contributed by atoms with E-state index >= 15 is 0 Å². The Bertz CT molecular complexity index is 1450. The Morgan fingerprint density at radius 1 is 0.811 bits per heavy atom. The lowest BCUT2D eigenvalue weighted by Gasteiger charge is -2.26. The molecule has 0 heterocycles. The normalized spacial score (nSPS) is 10.9. The first-order valence-corrected chi connectivity index (χ1v) is 12.7. The quantitative estimate of drug-likeness (QED) is 0.442. The summed E-state index contributed by atoms with van der Waals surface area (Å²) in [4.78, 5) is 37.6. The molecule has 0 saturated carbocycles. The number of hydrogen-bond donors (Lipinski definition) is 1. The Labute approximate surface area is 216 Å². The largest absolute Gasteiger partial charge is 0.465 e. The van der Waals surface area contributed by atoms with E-state index in [9.17, 15) is 22.8 Å². The highest BCUT2D eigenvalue weighted by atomic mass is 32.2. The summed E-state index contributed by atoms with van der Waals surface area (Å²) in [5, 5.41) is 2.56. The van der Waals surface area contributed by atoms with Gasteiger partial charge in [-0.25, -0.2) is 18.0 Å². The molecule has 1 N–H and O–H groups in total. The highest BCUT2D eigenvalue weighted by molar-refractivity contribution is 7.92. The SMILES string of the molecule is COC(=O)c1ccc(C(=O)OC)c(NC(=O)CN(c2cc(C)ccc2C)S(=O)(=O)c2ccc(C)cc2)c1. The molecule has 0 atom stereocenters. The van der Waals surface area contributed by atoms with E-state index in [1.165, 1.54) is 44.6 Å². The van der Waals surface area contributed by atoms with Crippen molar-refractivity contribution in [2.45, 2.75) is 25.7 Å². The zero-order chi connectivity index (χ0) is 27.3. The van der Waals surface area contributed by atoms with Gasteiger partial charge in [-0.1, -0.05) is 29.8 Å². The number of sulfonamides is 1. The molecule has 0 bridgehead atoms. The number of anilines is 2.